The minimum atomic E-state index is -4.37. The molecular formula is C16H19F3N2O2S. The quantitative estimate of drug-likeness (QED) is 0.732. The van der Waals surface area contributed by atoms with Crippen LogP contribution >= 0.6 is 0 Å². The second-order valence-corrected chi connectivity index (χ2v) is 7.25. The Kier molecular flexibility index (Phi) is 6.15. The van der Waals surface area contributed by atoms with E-state index in [-0.39, 0.29) is 5.75 Å². The number of unbranched alkanes of at least 4 members (excludes halogenated alkanes) is 1. The van der Waals surface area contributed by atoms with Crippen molar-refractivity contribution in [2.45, 2.75) is 50.3 Å². The van der Waals surface area contributed by atoms with Gasteiger partial charge in [0.15, 0.2) is 5.82 Å². The largest absolute Gasteiger partial charge is 0.416 e. The van der Waals surface area contributed by atoms with E-state index in [1.807, 2.05) is 0 Å². The highest BCUT2D eigenvalue weighted by Gasteiger charge is 2.30. The van der Waals surface area contributed by atoms with Gasteiger partial charge in [-0.3, -0.25) is 4.21 Å². The number of alkyl halides is 3. The predicted octanol–water partition coefficient (Wildman–Crippen LogP) is 4.44. The second kappa shape index (κ2) is 7.92. The van der Waals surface area contributed by atoms with Gasteiger partial charge in [0.05, 0.1) is 16.6 Å². The van der Waals surface area contributed by atoms with E-state index < -0.39 is 27.8 Å². The van der Waals surface area contributed by atoms with Gasteiger partial charge in [0, 0.05) is 17.2 Å². The topological polar surface area (TPSA) is 56.0 Å². The van der Waals surface area contributed by atoms with Crippen molar-refractivity contribution in [1.29, 1.82) is 0 Å². The van der Waals surface area contributed by atoms with Crippen LogP contribution in [0.15, 0.2) is 28.8 Å². The van der Waals surface area contributed by atoms with Gasteiger partial charge >= 0.3 is 6.18 Å². The van der Waals surface area contributed by atoms with Crippen LogP contribution in [0.2, 0.25) is 0 Å². The Bertz CT molecular complexity index is 683. The maximum absolute atomic E-state index is 12.6. The summed E-state index contributed by atoms with van der Waals surface area (Å²) in [6.07, 6.45) is -1.74. The summed E-state index contributed by atoms with van der Waals surface area (Å²) in [6.45, 7) is 3.76. The van der Waals surface area contributed by atoms with Crippen molar-refractivity contribution in [3.05, 3.63) is 47.1 Å². The molecule has 2 rings (SSSR count). The van der Waals surface area contributed by atoms with E-state index in [1.54, 1.807) is 6.92 Å². The highest BCUT2D eigenvalue weighted by molar-refractivity contribution is 7.84. The molecule has 0 radical (unpaired) electrons. The van der Waals surface area contributed by atoms with Gasteiger partial charge in [-0.05, 0) is 31.0 Å². The van der Waals surface area contributed by atoms with Crippen LogP contribution in [0.1, 0.15) is 54.8 Å². The van der Waals surface area contributed by atoms with Gasteiger partial charge in [0.25, 0.3) is 0 Å². The first-order chi connectivity index (χ1) is 11.3. The number of aromatic nitrogens is 2. The van der Waals surface area contributed by atoms with Crippen LogP contribution in [0.3, 0.4) is 0 Å². The second-order valence-electron chi connectivity index (χ2n) is 5.49. The number of aryl methyl sites for hydroxylation is 1. The van der Waals surface area contributed by atoms with Crippen LogP contribution in [0.5, 0.6) is 0 Å². The molecule has 4 nitrogen and oxygen atoms in total. The highest BCUT2D eigenvalue weighted by atomic mass is 32.2. The molecule has 1 heterocycles. The maximum Gasteiger partial charge on any atom is 0.416 e. The molecule has 1 aromatic heterocycles. The lowest BCUT2D eigenvalue weighted by Crippen LogP contribution is -2.08. The lowest BCUT2D eigenvalue weighted by atomic mass is 10.1. The minimum absolute atomic E-state index is 0.109. The Morgan fingerprint density at radius 3 is 2.50 bits per heavy atom. The smallest absolute Gasteiger partial charge is 0.339 e. The molecule has 0 bridgehead atoms. The van der Waals surface area contributed by atoms with Crippen molar-refractivity contribution >= 4 is 10.8 Å². The summed E-state index contributed by atoms with van der Waals surface area (Å²) in [5.41, 5.74) is -0.140. The summed E-state index contributed by atoms with van der Waals surface area (Å²) in [7, 11) is -1.35. The van der Waals surface area contributed by atoms with E-state index in [9.17, 15) is 17.4 Å². The van der Waals surface area contributed by atoms with Crippen LogP contribution in [-0.4, -0.2) is 14.3 Å². The molecule has 0 saturated carbocycles. The number of rotatable bonds is 7. The first kappa shape index (κ1) is 18.6. The molecule has 0 unspecified atom stereocenters. The first-order valence-electron chi connectivity index (χ1n) is 7.67. The average Bonchev–Trinajstić information content (AvgIpc) is 2.98. The standard InChI is InChI=1S/C16H19F3N2O2S/c1-3-4-5-15-20-14(21-23-15)10-24(22)11(2)12-6-8-13(9-7-12)16(17,18)19/h6-9,11H,3-5,10H2,1-2H3/t11-,24+/m0/s1. The van der Waals surface area contributed by atoms with Crippen molar-refractivity contribution in [2.24, 2.45) is 0 Å². The van der Waals surface area contributed by atoms with Gasteiger partial charge in [-0.1, -0.05) is 30.6 Å². The summed E-state index contributed by atoms with van der Waals surface area (Å²) in [5, 5.41) is 3.38. The molecule has 0 aliphatic carbocycles. The molecule has 2 aromatic rings. The maximum atomic E-state index is 12.6. The van der Waals surface area contributed by atoms with E-state index in [4.69, 9.17) is 4.52 Å². The first-order valence-corrected chi connectivity index (χ1v) is 9.05. The molecule has 132 valence electrons. The van der Waals surface area contributed by atoms with Gasteiger partial charge in [-0.15, -0.1) is 0 Å². The Hall–Kier alpha value is -1.70. The van der Waals surface area contributed by atoms with Gasteiger partial charge in [-0.25, -0.2) is 0 Å². The third kappa shape index (κ3) is 4.90. The van der Waals surface area contributed by atoms with Gasteiger partial charge in [0.1, 0.15) is 0 Å². The van der Waals surface area contributed by atoms with Gasteiger partial charge < -0.3 is 4.52 Å². The van der Waals surface area contributed by atoms with Crippen molar-refractivity contribution < 1.29 is 21.9 Å². The van der Waals surface area contributed by atoms with Crippen molar-refractivity contribution in [3.8, 4) is 0 Å². The fourth-order valence-electron chi connectivity index (χ4n) is 2.13. The van der Waals surface area contributed by atoms with Crippen LogP contribution in [0.25, 0.3) is 0 Å². The Labute approximate surface area is 140 Å². The van der Waals surface area contributed by atoms with Crippen LogP contribution in [-0.2, 0) is 29.1 Å². The number of halogens is 3. The Morgan fingerprint density at radius 2 is 1.92 bits per heavy atom. The summed E-state index contributed by atoms with van der Waals surface area (Å²) < 4.78 is 55.2. The Morgan fingerprint density at radius 1 is 1.25 bits per heavy atom. The zero-order valence-corrected chi connectivity index (χ0v) is 14.3. The molecule has 0 saturated heterocycles. The van der Waals surface area contributed by atoms with Crippen molar-refractivity contribution in [3.63, 3.8) is 0 Å². The van der Waals surface area contributed by atoms with Crippen molar-refractivity contribution in [1.82, 2.24) is 10.1 Å². The zero-order valence-electron chi connectivity index (χ0n) is 13.5. The normalized spacial score (nSPS) is 14.5. The molecule has 8 heteroatoms. The van der Waals surface area contributed by atoms with Crippen molar-refractivity contribution in [2.75, 3.05) is 0 Å². The molecule has 0 amide bonds. The number of hydrogen-bond donors (Lipinski definition) is 0. The van der Waals surface area contributed by atoms with E-state index in [2.05, 4.69) is 17.1 Å². The summed E-state index contributed by atoms with van der Waals surface area (Å²) in [6, 6.07) is 4.71. The summed E-state index contributed by atoms with van der Waals surface area (Å²) >= 11 is 0. The third-order valence-corrected chi connectivity index (χ3v) is 5.23. The predicted molar refractivity (Wildman–Crippen MR) is 84.6 cm³/mol. The van der Waals surface area contributed by atoms with Gasteiger partial charge in [0.2, 0.25) is 5.89 Å². The molecule has 1 aromatic carbocycles. The molecule has 0 aliphatic heterocycles. The average molecular weight is 360 g/mol. The number of hydrogen-bond acceptors (Lipinski definition) is 4. The molecule has 24 heavy (non-hydrogen) atoms. The van der Waals surface area contributed by atoms with Crippen LogP contribution < -0.4 is 0 Å². The molecule has 2 atom stereocenters. The van der Waals surface area contributed by atoms with E-state index in [1.165, 1.54) is 12.1 Å². The van der Waals surface area contributed by atoms with E-state index in [0.29, 0.717) is 23.7 Å². The monoisotopic (exact) mass is 360 g/mol. The minimum Gasteiger partial charge on any atom is -0.339 e. The molecule has 0 fully saturated rings. The molecule has 0 spiro atoms. The zero-order chi connectivity index (χ0) is 17.7. The van der Waals surface area contributed by atoms with E-state index in [0.717, 1.165) is 25.0 Å². The van der Waals surface area contributed by atoms with E-state index >= 15 is 0 Å². The number of nitrogens with zero attached hydrogens (tertiary/aromatic N) is 2. The fraction of sp³-hybridized carbons (Fsp3) is 0.500. The van der Waals surface area contributed by atoms with Gasteiger partial charge in [-0.2, -0.15) is 18.2 Å². The molecule has 0 N–H and O–H groups in total. The summed E-state index contributed by atoms with van der Waals surface area (Å²) in [4.78, 5) is 4.19. The van der Waals surface area contributed by atoms with Crippen LogP contribution in [0.4, 0.5) is 13.2 Å². The summed E-state index contributed by atoms with van der Waals surface area (Å²) in [5.74, 6) is 0.988. The lowest BCUT2D eigenvalue weighted by molar-refractivity contribution is -0.137. The third-order valence-electron chi connectivity index (χ3n) is 3.63. The Balaban J connectivity index is 2.00. The highest BCUT2D eigenvalue weighted by Crippen LogP contribution is 2.31. The SMILES string of the molecule is CCCCc1nc(C[S@@](=O)[C@@H](C)c2ccc(C(F)(F)F)cc2)no1. The number of benzene rings is 1. The molecular weight excluding hydrogens is 341 g/mol. The fourth-order valence-corrected chi connectivity index (χ4v) is 3.21. The van der Waals surface area contributed by atoms with Crippen LogP contribution in [0, 0.1) is 0 Å². The molecule has 0 aliphatic rings. The lowest BCUT2D eigenvalue weighted by Gasteiger charge is -2.12.